The van der Waals surface area contributed by atoms with Gasteiger partial charge in [-0.1, -0.05) is 182 Å². The van der Waals surface area contributed by atoms with E-state index >= 15 is 0 Å². The molecule has 0 saturated heterocycles. The van der Waals surface area contributed by atoms with E-state index in [1.807, 2.05) is 6.07 Å². The van der Waals surface area contributed by atoms with E-state index in [1.54, 1.807) is 0 Å². The maximum atomic E-state index is 6.84. The van der Waals surface area contributed by atoms with Gasteiger partial charge in [-0.05, 0) is 105 Å². The highest BCUT2D eigenvalue weighted by atomic mass is 16.3. The molecule has 0 spiro atoms. The highest BCUT2D eigenvalue weighted by molar-refractivity contribution is 6.19. The second kappa shape index (κ2) is 14.3. The van der Waals surface area contributed by atoms with Crippen molar-refractivity contribution in [2.45, 2.75) is 5.41 Å². The Morgan fingerprint density at radius 3 is 1.56 bits per heavy atom. The zero-order valence-electron chi connectivity index (χ0n) is 34.8. The fraction of sp³-hybridized carbons (Fsp3) is 0.0164. The van der Waals surface area contributed by atoms with Crippen LogP contribution in [0.2, 0.25) is 0 Å². The van der Waals surface area contributed by atoms with Crippen LogP contribution in [0.1, 0.15) is 22.3 Å². The Kier molecular flexibility index (Phi) is 8.13. The average Bonchev–Trinajstić information content (AvgIpc) is 4.02. The van der Waals surface area contributed by atoms with Crippen molar-refractivity contribution in [1.82, 2.24) is 0 Å². The third-order valence-corrected chi connectivity index (χ3v) is 13.3. The molecule has 0 radical (unpaired) electrons. The van der Waals surface area contributed by atoms with Crippen molar-refractivity contribution in [2.75, 3.05) is 4.90 Å². The summed E-state index contributed by atoms with van der Waals surface area (Å²) < 4.78 is 13.6. The van der Waals surface area contributed by atoms with Crippen LogP contribution >= 0.6 is 0 Å². The molecule has 10 aromatic carbocycles. The van der Waals surface area contributed by atoms with Gasteiger partial charge in [-0.3, -0.25) is 0 Å². The van der Waals surface area contributed by atoms with Gasteiger partial charge in [0, 0.05) is 27.4 Å². The molecule has 0 unspecified atom stereocenters. The van der Waals surface area contributed by atoms with Crippen molar-refractivity contribution in [1.29, 1.82) is 0 Å². The molecular formula is C61H39NO2. The normalized spacial score (nSPS) is 12.8. The number of furan rings is 2. The fourth-order valence-corrected chi connectivity index (χ4v) is 10.6. The van der Waals surface area contributed by atoms with Crippen LogP contribution in [0.4, 0.5) is 17.1 Å². The molecule has 12 aromatic rings. The number of rotatable bonds is 7. The number of hydrogen-bond donors (Lipinski definition) is 0. The van der Waals surface area contributed by atoms with E-state index in [1.165, 1.54) is 38.9 Å². The summed E-state index contributed by atoms with van der Waals surface area (Å²) in [5, 5.41) is 4.13. The molecular weight excluding hydrogens is 779 g/mol. The first-order valence-electron chi connectivity index (χ1n) is 21.9. The molecule has 2 aromatic heterocycles. The summed E-state index contributed by atoms with van der Waals surface area (Å²) >= 11 is 0. The van der Waals surface area contributed by atoms with Gasteiger partial charge in [0.2, 0.25) is 0 Å². The Bertz CT molecular complexity index is 3660. The monoisotopic (exact) mass is 817 g/mol. The van der Waals surface area contributed by atoms with Gasteiger partial charge < -0.3 is 13.7 Å². The van der Waals surface area contributed by atoms with Crippen LogP contribution in [-0.2, 0) is 5.41 Å². The van der Waals surface area contributed by atoms with Crippen molar-refractivity contribution in [3.63, 3.8) is 0 Å². The smallest absolute Gasteiger partial charge is 0.137 e. The lowest BCUT2D eigenvalue weighted by molar-refractivity contribution is 0.664. The Morgan fingerprint density at radius 1 is 0.328 bits per heavy atom. The van der Waals surface area contributed by atoms with Crippen molar-refractivity contribution in [3.8, 4) is 33.4 Å². The minimum Gasteiger partial charge on any atom is -0.456 e. The molecule has 1 aliphatic carbocycles. The molecule has 13 rings (SSSR count). The lowest BCUT2D eigenvalue weighted by Crippen LogP contribution is -2.28. The van der Waals surface area contributed by atoms with Gasteiger partial charge in [0.05, 0.1) is 22.2 Å². The topological polar surface area (TPSA) is 29.5 Å². The maximum absolute atomic E-state index is 6.84. The number of anilines is 3. The third-order valence-electron chi connectivity index (χ3n) is 13.3. The number of benzene rings is 10. The number of fused-ring (bicyclic) bond motifs is 9. The first-order chi connectivity index (χ1) is 31.7. The summed E-state index contributed by atoms with van der Waals surface area (Å²) in [6, 6.07) is 85.2. The van der Waals surface area contributed by atoms with Gasteiger partial charge in [-0.15, -0.1) is 0 Å². The van der Waals surface area contributed by atoms with E-state index in [-0.39, 0.29) is 0 Å². The number of nitrogens with zero attached hydrogens (tertiary/aromatic N) is 1. The second-order valence-corrected chi connectivity index (χ2v) is 16.8. The molecule has 0 amide bonds. The Labute approximate surface area is 370 Å². The van der Waals surface area contributed by atoms with Crippen molar-refractivity contribution in [3.05, 3.63) is 259 Å². The summed E-state index contributed by atoms with van der Waals surface area (Å²) in [5.74, 6) is 0. The zero-order chi connectivity index (χ0) is 42.2. The molecule has 3 nitrogen and oxygen atoms in total. The van der Waals surface area contributed by atoms with E-state index in [9.17, 15) is 0 Å². The van der Waals surface area contributed by atoms with E-state index in [0.29, 0.717) is 0 Å². The van der Waals surface area contributed by atoms with Crippen LogP contribution in [0.15, 0.2) is 245 Å². The second-order valence-electron chi connectivity index (χ2n) is 16.8. The van der Waals surface area contributed by atoms with Crippen LogP contribution in [-0.4, -0.2) is 0 Å². The fourth-order valence-electron chi connectivity index (χ4n) is 10.6. The molecule has 0 aliphatic heterocycles. The predicted octanol–water partition coefficient (Wildman–Crippen LogP) is 16.7. The standard InChI is InChI=1S/C61H39NO2/c1-5-17-40(18-6-1)42-31-34-46(35-32-42)62(53-28-15-27-52-59(53)48-25-13-14-26-51(48)61(52,44-21-9-3-10-22-44)45-23-11-4-12-24-45)54-29-16-30-55-60(54)50-39-57-49(38-58(50)63-55)47-36-33-43(37-56(47)64-57)41-19-7-2-8-20-41/h1-39H. The van der Waals surface area contributed by atoms with E-state index in [2.05, 4.69) is 235 Å². The summed E-state index contributed by atoms with van der Waals surface area (Å²) in [7, 11) is 0. The summed E-state index contributed by atoms with van der Waals surface area (Å²) in [4.78, 5) is 2.45. The highest BCUT2D eigenvalue weighted by Crippen LogP contribution is 2.60. The van der Waals surface area contributed by atoms with Crippen LogP contribution in [0, 0.1) is 0 Å². The van der Waals surface area contributed by atoms with Crippen LogP contribution in [0.3, 0.4) is 0 Å². The summed E-state index contributed by atoms with van der Waals surface area (Å²) in [6.07, 6.45) is 0. The van der Waals surface area contributed by atoms with Crippen molar-refractivity contribution >= 4 is 60.9 Å². The molecule has 0 fully saturated rings. The van der Waals surface area contributed by atoms with Gasteiger partial charge in [-0.2, -0.15) is 0 Å². The van der Waals surface area contributed by atoms with Crippen molar-refractivity contribution in [2.24, 2.45) is 0 Å². The van der Waals surface area contributed by atoms with Gasteiger partial charge >= 0.3 is 0 Å². The van der Waals surface area contributed by atoms with Crippen LogP contribution in [0.25, 0.3) is 77.3 Å². The number of hydrogen-bond acceptors (Lipinski definition) is 3. The summed E-state index contributed by atoms with van der Waals surface area (Å²) in [5.41, 5.74) is 18.0. The van der Waals surface area contributed by atoms with E-state index in [4.69, 9.17) is 8.83 Å². The van der Waals surface area contributed by atoms with E-state index < -0.39 is 5.41 Å². The van der Waals surface area contributed by atoms with Gasteiger partial charge in [-0.25, -0.2) is 0 Å². The first-order valence-corrected chi connectivity index (χ1v) is 21.9. The molecule has 3 heteroatoms. The van der Waals surface area contributed by atoms with Gasteiger partial charge in [0.15, 0.2) is 0 Å². The summed E-state index contributed by atoms with van der Waals surface area (Å²) in [6.45, 7) is 0. The van der Waals surface area contributed by atoms with E-state index in [0.717, 1.165) is 77.6 Å². The van der Waals surface area contributed by atoms with Gasteiger partial charge in [0.1, 0.15) is 22.3 Å². The molecule has 2 heterocycles. The minimum absolute atomic E-state index is 0.547. The Hall–Kier alpha value is -8.40. The Balaban J connectivity index is 1.08. The molecule has 0 bridgehead atoms. The molecule has 0 saturated carbocycles. The quantitative estimate of drug-likeness (QED) is 0.160. The molecule has 0 N–H and O–H groups in total. The lowest BCUT2D eigenvalue weighted by atomic mass is 9.68. The first kappa shape index (κ1) is 36.3. The molecule has 64 heavy (non-hydrogen) atoms. The van der Waals surface area contributed by atoms with Crippen molar-refractivity contribution < 1.29 is 8.83 Å². The van der Waals surface area contributed by atoms with Crippen LogP contribution < -0.4 is 4.90 Å². The average molecular weight is 818 g/mol. The molecule has 300 valence electrons. The minimum atomic E-state index is -0.547. The SMILES string of the molecule is c1ccc(-c2ccc(N(c3cccc4c3-c3ccccc3C4(c3ccccc3)c3ccccc3)c3cccc4oc5cc6c(cc5c34)oc3cc(-c4ccccc4)ccc36)cc2)cc1. The third kappa shape index (κ3) is 5.41. The predicted molar refractivity (Wildman–Crippen MR) is 264 cm³/mol. The Morgan fingerprint density at radius 2 is 0.844 bits per heavy atom. The molecule has 1 aliphatic rings. The zero-order valence-corrected chi connectivity index (χ0v) is 34.8. The lowest BCUT2D eigenvalue weighted by Gasteiger charge is -2.34. The largest absolute Gasteiger partial charge is 0.456 e. The van der Waals surface area contributed by atoms with Gasteiger partial charge in [0.25, 0.3) is 0 Å². The van der Waals surface area contributed by atoms with Crippen LogP contribution in [0.5, 0.6) is 0 Å². The molecule has 0 atom stereocenters. The highest BCUT2D eigenvalue weighted by Gasteiger charge is 2.47. The maximum Gasteiger partial charge on any atom is 0.137 e.